The van der Waals surface area contributed by atoms with E-state index in [4.69, 9.17) is 0 Å². The minimum atomic E-state index is 0.0574. The predicted molar refractivity (Wildman–Crippen MR) is 50.5 cm³/mol. The largest absolute Gasteiger partial charge is 0.348 e. The summed E-state index contributed by atoms with van der Waals surface area (Å²) in [6.45, 7) is 3.59. The van der Waals surface area contributed by atoms with Gasteiger partial charge in [0.2, 0.25) is 5.91 Å². The molecule has 1 amide bonds. The Morgan fingerprint density at radius 3 is 2.69 bits per heavy atom. The van der Waals surface area contributed by atoms with Crippen molar-refractivity contribution >= 4 is 5.91 Å². The SMILES string of the molecule is CN1CCC2(CC1)CNCC(=O)N2. The predicted octanol–water partition coefficient (Wildman–Crippen LogP) is -0.830. The van der Waals surface area contributed by atoms with E-state index in [1.54, 1.807) is 0 Å². The molecule has 0 atom stereocenters. The normalized spacial score (nSPS) is 28.8. The van der Waals surface area contributed by atoms with Crippen LogP contribution in [0.5, 0.6) is 0 Å². The Bertz CT molecular complexity index is 209. The van der Waals surface area contributed by atoms with Crippen LogP contribution in [-0.2, 0) is 4.79 Å². The second-order valence-corrected chi connectivity index (χ2v) is 4.24. The van der Waals surface area contributed by atoms with Crippen LogP contribution in [-0.4, -0.2) is 49.6 Å². The van der Waals surface area contributed by atoms with E-state index in [0.29, 0.717) is 6.54 Å². The number of nitrogens with one attached hydrogen (secondary N) is 2. The number of amides is 1. The zero-order chi connectivity index (χ0) is 9.31. The molecule has 2 N–H and O–H groups in total. The van der Waals surface area contributed by atoms with Crippen LogP contribution < -0.4 is 10.6 Å². The molecular formula is C9H17N3O. The second kappa shape index (κ2) is 3.27. The Hall–Kier alpha value is -0.610. The molecule has 2 heterocycles. The molecule has 0 aromatic rings. The van der Waals surface area contributed by atoms with Gasteiger partial charge in [-0.05, 0) is 19.9 Å². The van der Waals surface area contributed by atoms with Gasteiger partial charge in [0.1, 0.15) is 0 Å². The first-order chi connectivity index (χ1) is 6.20. The van der Waals surface area contributed by atoms with Crippen LogP contribution in [0.25, 0.3) is 0 Å². The zero-order valence-electron chi connectivity index (χ0n) is 8.10. The Balaban J connectivity index is 1.99. The lowest BCUT2D eigenvalue weighted by atomic mass is 9.86. The minimum absolute atomic E-state index is 0.0574. The third kappa shape index (κ3) is 1.84. The van der Waals surface area contributed by atoms with Gasteiger partial charge in [-0.2, -0.15) is 0 Å². The van der Waals surface area contributed by atoms with Crippen molar-refractivity contribution in [1.29, 1.82) is 0 Å². The first-order valence-corrected chi connectivity index (χ1v) is 4.91. The van der Waals surface area contributed by atoms with Gasteiger partial charge in [-0.15, -0.1) is 0 Å². The first kappa shape index (κ1) is 8.97. The molecular weight excluding hydrogens is 166 g/mol. The highest BCUT2D eigenvalue weighted by Gasteiger charge is 2.36. The first-order valence-electron chi connectivity index (χ1n) is 4.91. The van der Waals surface area contributed by atoms with Crippen LogP contribution in [0, 0.1) is 0 Å². The highest BCUT2D eigenvalue weighted by molar-refractivity contribution is 5.79. The van der Waals surface area contributed by atoms with E-state index in [2.05, 4.69) is 22.6 Å². The molecule has 0 aromatic heterocycles. The molecule has 2 aliphatic rings. The summed E-state index contributed by atoms with van der Waals surface area (Å²) in [4.78, 5) is 13.5. The average Bonchev–Trinajstić information content (AvgIpc) is 2.11. The summed E-state index contributed by atoms with van der Waals surface area (Å²) in [7, 11) is 2.13. The number of carbonyl (C=O) groups is 1. The van der Waals surface area contributed by atoms with E-state index >= 15 is 0 Å². The molecule has 0 saturated carbocycles. The molecule has 2 rings (SSSR count). The third-order valence-corrected chi connectivity index (χ3v) is 3.10. The number of piperidine rings is 1. The van der Waals surface area contributed by atoms with Crippen LogP contribution in [0.15, 0.2) is 0 Å². The van der Waals surface area contributed by atoms with Gasteiger partial charge < -0.3 is 15.5 Å². The quantitative estimate of drug-likeness (QED) is 0.515. The summed E-state index contributed by atoms with van der Waals surface area (Å²) in [6.07, 6.45) is 2.14. The zero-order valence-corrected chi connectivity index (χ0v) is 8.10. The molecule has 4 nitrogen and oxygen atoms in total. The van der Waals surface area contributed by atoms with E-state index < -0.39 is 0 Å². The van der Waals surface area contributed by atoms with Crippen molar-refractivity contribution in [2.75, 3.05) is 33.2 Å². The van der Waals surface area contributed by atoms with Crippen LogP contribution in [0.1, 0.15) is 12.8 Å². The molecule has 0 radical (unpaired) electrons. The number of piperazine rings is 1. The summed E-state index contributed by atoms with van der Waals surface area (Å²) in [6, 6.07) is 0. The molecule has 13 heavy (non-hydrogen) atoms. The molecule has 0 aliphatic carbocycles. The molecule has 0 aromatic carbocycles. The highest BCUT2D eigenvalue weighted by Crippen LogP contribution is 2.22. The van der Waals surface area contributed by atoms with Gasteiger partial charge in [0.15, 0.2) is 0 Å². The molecule has 74 valence electrons. The fourth-order valence-corrected chi connectivity index (χ4v) is 2.15. The van der Waals surface area contributed by atoms with Crippen molar-refractivity contribution in [3.63, 3.8) is 0 Å². The lowest BCUT2D eigenvalue weighted by Gasteiger charge is -2.43. The van der Waals surface area contributed by atoms with Gasteiger partial charge in [-0.3, -0.25) is 4.79 Å². The molecule has 2 aliphatic heterocycles. The minimum Gasteiger partial charge on any atom is -0.348 e. The number of carbonyl (C=O) groups excluding carboxylic acids is 1. The number of rotatable bonds is 0. The number of hydrogen-bond donors (Lipinski definition) is 2. The molecule has 2 fully saturated rings. The Kier molecular flexibility index (Phi) is 2.26. The van der Waals surface area contributed by atoms with E-state index in [-0.39, 0.29) is 11.4 Å². The van der Waals surface area contributed by atoms with Crippen molar-refractivity contribution in [3.05, 3.63) is 0 Å². The monoisotopic (exact) mass is 183 g/mol. The summed E-state index contributed by atoms with van der Waals surface area (Å²) in [5.41, 5.74) is 0.0574. The van der Waals surface area contributed by atoms with Crippen molar-refractivity contribution in [3.8, 4) is 0 Å². The smallest absolute Gasteiger partial charge is 0.234 e. The van der Waals surface area contributed by atoms with Gasteiger partial charge in [0.05, 0.1) is 12.1 Å². The lowest BCUT2D eigenvalue weighted by molar-refractivity contribution is -0.124. The molecule has 2 saturated heterocycles. The summed E-state index contributed by atoms with van der Waals surface area (Å²) < 4.78 is 0. The Morgan fingerprint density at radius 2 is 2.08 bits per heavy atom. The van der Waals surface area contributed by atoms with Crippen molar-refractivity contribution < 1.29 is 4.79 Å². The lowest BCUT2D eigenvalue weighted by Crippen LogP contribution is -2.65. The van der Waals surface area contributed by atoms with Gasteiger partial charge in [-0.1, -0.05) is 0 Å². The van der Waals surface area contributed by atoms with Crippen molar-refractivity contribution in [2.24, 2.45) is 0 Å². The molecule has 4 heteroatoms. The van der Waals surface area contributed by atoms with Crippen LogP contribution in [0.2, 0.25) is 0 Å². The number of hydrogen-bond acceptors (Lipinski definition) is 3. The van der Waals surface area contributed by atoms with Crippen LogP contribution >= 0.6 is 0 Å². The van der Waals surface area contributed by atoms with Gasteiger partial charge in [-0.25, -0.2) is 0 Å². The molecule has 0 unspecified atom stereocenters. The van der Waals surface area contributed by atoms with E-state index in [0.717, 1.165) is 32.5 Å². The topological polar surface area (TPSA) is 44.4 Å². The second-order valence-electron chi connectivity index (χ2n) is 4.24. The van der Waals surface area contributed by atoms with Gasteiger partial charge >= 0.3 is 0 Å². The number of likely N-dealkylation sites (tertiary alicyclic amines) is 1. The number of nitrogens with zero attached hydrogens (tertiary/aromatic N) is 1. The highest BCUT2D eigenvalue weighted by atomic mass is 16.2. The maximum atomic E-state index is 11.2. The third-order valence-electron chi connectivity index (χ3n) is 3.10. The van der Waals surface area contributed by atoms with Gasteiger partial charge in [0, 0.05) is 19.6 Å². The van der Waals surface area contributed by atoms with Crippen molar-refractivity contribution in [1.82, 2.24) is 15.5 Å². The average molecular weight is 183 g/mol. The van der Waals surface area contributed by atoms with E-state index in [1.165, 1.54) is 0 Å². The standard InChI is InChI=1S/C9H17N3O/c1-12-4-2-9(3-5-12)7-10-6-8(13)11-9/h10H,2-7H2,1H3,(H,11,13). The maximum absolute atomic E-state index is 11.2. The Labute approximate surface area is 78.7 Å². The van der Waals surface area contributed by atoms with Crippen molar-refractivity contribution in [2.45, 2.75) is 18.4 Å². The summed E-state index contributed by atoms with van der Waals surface area (Å²) >= 11 is 0. The fourth-order valence-electron chi connectivity index (χ4n) is 2.15. The Morgan fingerprint density at radius 1 is 1.38 bits per heavy atom. The van der Waals surface area contributed by atoms with E-state index in [1.807, 2.05) is 0 Å². The fraction of sp³-hybridized carbons (Fsp3) is 0.889. The maximum Gasteiger partial charge on any atom is 0.234 e. The summed E-state index contributed by atoms with van der Waals surface area (Å²) in [5.74, 6) is 0.149. The molecule has 0 bridgehead atoms. The summed E-state index contributed by atoms with van der Waals surface area (Å²) in [5, 5.41) is 6.30. The van der Waals surface area contributed by atoms with Crippen LogP contribution in [0.4, 0.5) is 0 Å². The molecule has 1 spiro atoms. The van der Waals surface area contributed by atoms with Crippen LogP contribution in [0.3, 0.4) is 0 Å². The van der Waals surface area contributed by atoms with E-state index in [9.17, 15) is 4.79 Å². The van der Waals surface area contributed by atoms with Gasteiger partial charge in [0.25, 0.3) is 0 Å².